The minimum Gasteiger partial charge on any atom is -0.478 e. The van der Waals surface area contributed by atoms with Crippen molar-refractivity contribution in [3.63, 3.8) is 0 Å². The number of hydrogen-bond donors (Lipinski definition) is 2. The van der Waals surface area contributed by atoms with Gasteiger partial charge in [0.15, 0.2) is 0 Å². The molecule has 0 bridgehead atoms. The van der Waals surface area contributed by atoms with Gasteiger partial charge in [-0.25, -0.2) is 9.69 Å². The monoisotopic (exact) mass is 388 g/mol. The summed E-state index contributed by atoms with van der Waals surface area (Å²) in [7, 11) is 0. The van der Waals surface area contributed by atoms with Gasteiger partial charge in [-0.2, -0.15) is 0 Å². The second-order valence-corrected chi connectivity index (χ2v) is 6.25. The number of carbonyl (C=O) groups excluding carboxylic acids is 2. The number of halogens is 1. The van der Waals surface area contributed by atoms with E-state index in [0.717, 1.165) is 15.1 Å². The van der Waals surface area contributed by atoms with Gasteiger partial charge >= 0.3 is 5.97 Å². The van der Waals surface area contributed by atoms with Crippen molar-refractivity contribution in [1.82, 2.24) is 0 Å². The molecule has 0 aliphatic carbocycles. The predicted octanol–water partition coefficient (Wildman–Crippen LogP) is 2.89. The zero-order chi connectivity index (χ0) is 17.3. The Kier molecular flexibility index (Phi) is 4.35. The Morgan fingerprint density at radius 3 is 2.54 bits per heavy atom. The van der Waals surface area contributed by atoms with Crippen LogP contribution < -0.4 is 10.2 Å². The molecule has 1 saturated heterocycles. The topological polar surface area (TPSA) is 86.7 Å². The molecule has 3 rings (SSSR count). The molecule has 1 aliphatic heterocycles. The minimum atomic E-state index is -1.11. The van der Waals surface area contributed by atoms with Crippen LogP contribution in [-0.4, -0.2) is 28.9 Å². The molecule has 7 heteroatoms. The summed E-state index contributed by atoms with van der Waals surface area (Å²) < 4.78 is 0.911. The van der Waals surface area contributed by atoms with E-state index in [1.807, 2.05) is 12.1 Å². The number of anilines is 2. The number of hydrogen-bond acceptors (Lipinski definition) is 4. The van der Waals surface area contributed by atoms with Crippen LogP contribution in [0.15, 0.2) is 53.0 Å². The average molecular weight is 389 g/mol. The predicted molar refractivity (Wildman–Crippen MR) is 92.1 cm³/mol. The highest BCUT2D eigenvalue weighted by atomic mass is 79.9. The van der Waals surface area contributed by atoms with Crippen molar-refractivity contribution < 1.29 is 19.5 Å². The fraction of sp³-hybridized carbons (Fsp3) is 0.118. The van der Waals surface area contributed by atoms with Crippen LogP contribution in [0.2, 0.25) is 0 Å². The Morgan fingerprint density at radius 2 is 1.88 bits per heavy atom. The highest BCUT2D eigenvalue weighted by Crippen LogP contribution is 2.26. The van der Waals surface area contributed by atoms with E-state index in [1.165, 1.54) is 18.2 Å². The molecule has 2 N–H and O–H groups in total. The van der Waals surface area contributed by atoms with Crippen LogP contribution in [0.4, 0.5) is 11.4 Å². The second-order valence-electron chi connectivity index (χ2n) is 5.33. The average Bonchev–Trinajstić information content (AvgIpc) is 2.83. The molecule has 0 aromatic heterocycles. The lowest BCUT2D eigenvalue weighted by atomic mass is 10.2. The molecule has 2 amide bonds. The summed E-state index contributed by atoms with van der Waals surface area (Å²) >= 11 is 3.33. The van der Waals surface area contributed by atoms with Gasteiger partial charge in [0, 0.05) is 10.2 Å². The van der Waals surface area contributed by atoms with Gasteiger partial charge < -0.3 is 10.4 Å². The molecule has 1 fully saturated rings. The van der Waals surface area contributed by atoms with Crippen LogP contribution in [0.3, 0.4) is 0 Å². The first-order chi connectivity index (χ1) is 11.5. The van der Waals surface area contributed by atoms with Crippen molar-refractivity contribution in [3.8, 4) is 0 Å². The van der Waals surface area contributed by atoms with Crippen molar-refractivity contribution >= 4 is 45.1 Å². The third-order valence-corrected chi connectivity index (χ3v) is 4.21. The lowest BCUT2D eigenvalue weighted by molar-refractivity contribution is -0.121. The Balaban J connectivity index is 1.82. The largest absolute Gasteiger partial charge is 0.478 e. The van der Waals surface area contributed by atoms with Gasteiger partial charge in [-0.3, -0.25) is 9.59 Å². The van der Waals surface area contributed by atoms with Crippen molar-refractivity contribution in [2.24, 2.45) is 0 Å². The highest BCUT2D eigenvalue weighted by molar-refractivity contribution is 9.10. The van der Waals surface area contributed by atoms with Gasteiger partial charge in [0.1, 0.15) is 6.04 Å². The summed E-state index contributed by atoms with van der Waals surface area (Å²) in [6, 6.07) is 12.4. The maximum Gasteiger partial charge on any atom is 0.335 e. The first-order valence-electron chi connectivity index (χ1n) is 7.18. The van der Waals surface area contributed by atoms with E-state index >= 15 is 0 Å². The number of rotatable bonds is 4. The molecule has 0 saturated carbocycles. The summed E-state index contributed by atoms with van der Waals surface area (Å²) in [4.78, 5) is 36.9. The van der Waals surface area contributed by atoms with Crippen molar-refractivity contribution in [1.29, 1.82) is 0 Å². The Hall–Kier alpha value is -2.67. The molecule has 1 atom stereocenters. The van der Waals surface area contributed by atoms with E-state index in [1.54, 1.807) is 18.2 Å². The molecule has 122 valence electrons. The molecular weight excluding hydrogens is 376 g/mol. The zero-order valence-electron chi connectivity index (χ0n) is 12.4. The number of benzene rings is 2. The minimum absolute atomic E-state index is 0.0200. The van der Waals surface area contributed by atoms with Gasteiger partial charge in [-0.05, 0) is 42.5 Å². The quantitative estimate of drug-likeness (QED) is 0.786. The molecular formula is C17H13BrN2O4. The van der Waals surface area contributed by atoms with Crippen molar-refractivity contribution in [2.45, 2.75) is 12.5 Å². The standard InChI is InChI=1S/C17H13BrN2O4/c18-11-4-6-12(7-5-11)19-14-9-15(21)20(16(14)22)13-3-1-2-10(8-13)17(23)24/h1-8,14,19H,9H2,(H,23,24)/t14-/m1/s1. The summed E-state index contributed by atoms with van der Waals surface area (Å²) in [5, 5.41) is 12.1. The maximum absolute atomic E-state index is 12.6. The third kappa shape index (κ3) is 3.16. The van der Waals surface area contributed by atoms with Gasteiger partial charge in [-0.1, -0.05) is 22.0 Å². The number of imide groups is 1. The second kappa shape index (κ2) is 6.45. The summed E-state index contributed by atoms with van der Waals surface area (Å²) in [5.41, 5.74) is 1.02. The number of carbonyl (C=O) groups is 3. The van der Waals surface area contributed by atoms with Gasteiger partial charge in [0.2, 0.25) is 5.91 Å². The molecule has 0 spiro atoms. The molecule has 0 radical (unpaired) electrons. The summed E-state index contributed by atoms with van der Waals surface area (Å²) in [6.45, 7) is 0. The molecule has 1 aliphatic rings. The van der Waals surface area contributed by atoms with Gasteiger partial charge in [0.25, 0.3) is 5.91 Å². The number of amides is 2. The SMILES string of the molecule is O=C(O)c1cccc(N2C(=O)C[C@@H](Nc3ccc(Br)cc3)C2=O)c1. The smallest absolute Gasteiger partial charge is 0.335 e. The number of nitrogens with one attached hydrogen (secondary N) is 1. The Bertz CT molecular complexity index is 820. The molecule has 0 unspecified atom stereocenters. The normalized spacial score (nSPS) is 17.2. The third-order valence-electron chi connectivity index (χ3n) is 3.68. The fourth-order valence-electron chi connectivity index (χ4n) is 2.54. The summed E-state index contributed by atoms with van der Waals surface area (Å²) in [5.74, 6) is -1.87. The van der Waals surface area contributed by atoms with E-state index in [0.29, 0.717) is 0 Å². The number of aromatic carboxylic acids is 1. The lowest BCUT2D eigenvalue weighted by Gasteiger charge is -2.16. The van der Waals surface area contributed by atoms with Crippen molar-refractivity contribution in [2.75, 3.05) is 10.2 Å². The molecule has 1 heterocycles. The Labute approximate surface area is 146 Å². The van der Waals surface area contributed by atoms with E-state index < -0.39 is 17.9 Å². The van der Waals surface area contributed by atoms with Gasteiger partial charge in [-0.15, -0.1) is 0 Å². The van der Waals surface area contributed by atoms with Gasteiger partial charge in [0.05, 0.1) is 17.7 Å². The van der Waals surface area contributed by atoms with E-state index in [9.17, 15) is 14.4 Å². The highest BCUT2D eigenvalue weighted by Gasteiger charge is 2.39. The van der Waals surface area contributed by atoms with Crippen molar-refractivity contribution in [3.05, 3.63) is 58.6 Å². The zero-order valence-corrected chi connectivity index (χ0v) is 14.0. The lowest BCUT2D eigenvalue weighted by Crippen LogP contribution is -2.34. The fourth-order valence-corrected chi connectivity index (χ4v) is 2.81. The van der Waals surface area contributed by atoms with Crippen LogP contribution in [0.5, 0.6) is 0 Å². The van der Waals surface area contributed by atoms with Crippen LogP contribution in [0, 0.1) is 0 Å². The van der Waals surface area contributed by atoms with Crippen LogP contribution in [0.1, 0.15) is 16.8 Å². The first kappa shape index (κ1) is 16.2. The molecule has 2 aromatic rings. The van der Waals surface area contributed by atoms with Crippen LogP contribution in [-0.2, 0) is 9.59 Å². The number of carboxylic acid groups (broad SMARTS) is 1. The molecule has 24 heavy (non-hydrogen) atoms. The summed E-state index contributed by atoms with van der Waals surface area (Å²) in [6.07, 6.45) is 0.0200. The van der Waals surface area contributed by atoms with E-state index in [2.05, 4.69) is 21.2 Å². The first-order valence-corrected chi connectivity index (χ1v) is 7.97. The van der Waals surface area contributed by atoms with E-state index in [-0.39, 0.29) is 23.6 Å². The van der Waals surface area contributed by atoms with Crippen LogP contribution in [0.25, 0.3) is 0 Å². The molecule has 6 nitrogen and oxygen atoms in total. The molecule has 2 aromatic carbocycles. The van der Waals surface area contributed by atoms with Crippen LogP contribution >= 0.6 is 15.9 Å². The van der Waals surface area contributed by atoms with E-state index in [4.69, 9.17) is 5.11 Å². The number of carboxylic acids is 1. The Morgan fingerprint density at radius 1 is 1.17 bits per heavy atom. The number of nitrogens with zero attached hydrogens (tertiary/aromatic N) is 1. The maximum atomic E-state index is 12.6.